The van der Waals surface area contributed by atoms with Gasteiger partial charge >= 0.3 is 0 Å². The van der Waals surface area contributed by atoms with Crippen molar-refractivity contribution in [2.24, 2.45) is 0 Å². The lowest BCUT2D eigenvalue weighted by molar-refractivity contribution is 0.192. The molecule has 0 aliphatic heterocycles. The molecule has 0 aliphatic carbocycles. The number of unbranched alkanes of at least 4 members (excludes halogenated alkanes) is 2. The topological polar surface area (TPSA) is 12.5 Å². The first kappa shape index (κ1) is 13.9. The second kappa shape index (κ2) is 7.15. The second-order valence-electron chi connectivity index (χ2n) is 5.01. The van der Waals surface area contributed by atoms with Gasteiger partial charge in [-0.15, -0.1) is 0 Å². The van der Waals surface area contributed by atoms with E-state index < -0.39 is 0 Å². The molecule has 0 spiro atoms. The predicted octanol–water partition coefficient (Wildman–Crippen LogP) is 4.09. The van der Waals surface area contributed by atoms with Crippen LogP contribution in [0.4, 0.5) is 5.69 Å². The van der Waals surface area contributed by atoms with Gasteiger partial charge in [-0.25, -0.2) is 0 Å². The molecule has 0 amide bonds. The molecule has 0 aliphatic rings. The Hall–Kier alpha value is -1.54. The first-order valence-electron chi connectivity index (χ1n) is 7.00. The van der Waals surface area contributed by atoms with Crippen LogP contribution in [0.2, 0.25) is 0 Å². The fourth-order valence-electron chi connectivity index (χ4n) is 2.32. The molecule has 2 rings (SSSR count). The van der Waals surface area contributed by atoms with Crippen LogP contribution in [0.25, 0.3) is 10.8 Å². The van der Waals surface area contributed by atoms with E-state index in [0.29, 0.717) is 0 Å². The Balaban J connectivity index is 1.91. The number of hydrogen-bond donors (Lipinski definition) is 0. The van der Waals surface area contributed by atoms with E-state index in [9.17, 15) is 0 Å². The first-order chi connectivity index (χ1) is 9.31. The lowest BCUT2D eigenvalue weighted by Gasteiger charge is -2.19. The quantitative estimate of drug-likeness (QED) is 0.693. The zero-order chi connectivity index (χ0) is 13.5. The standard InChI is InChI=1S/C17H23NO/c1-18(12-6-3-7-13-19-2)17-11-10-15-8-4-5-9-16(15)14-17/h4-5,8-11,14H,3,6-7,12-13H2,1-2H3. The van der Waals surface area contributed by atoms with Crippen LogP contribution in [0.1, 0.15) is 19.3 Å². The highest BCUT2D eigenvalue weighted by atomic mass is 16.5. The van der Waals surface area contributed by atoms with E-state index in [1.165, 1.54) is 29.3 Å². The minimum absolute atomic E-state index is 0.875. The summed E-state index contributed by atoms with van der Waals surface area (Å²) in [5.41, 5.74) is 1.30. The molecule has 2 aromatic carbocycles. The average molecular weight is 257 g/mol. The third-order valence-electron chi connectivity index (χ3n) is 3.52. The van der Waals surface area contributed by atoms with E-state index in [-0.39, 0.29) is 0 Å². The van der Waals surface area contributed by atoms with Gasteiger partial charge in [-0.2, -0.15) is 0 Å². The number of nitrogens with zero attached hydrogens (tertiary/aromatic N) is 1. The zero-order valence-corrected chi connectivity index (χ0v) is 11.9. The van der Waals surface area contributed by atoms with E-state index in [4.69, 9.17) is 4.74 Å². The molecule has 2 heteroatoms. The summed E-state index contributed by atoms with van der Waals surface area (Å²) >= 11 is 0. The van der Waals surface area contributed by atoms with Crippen molar-refractivity contribution >= 4 is 16.5 Å². The maximum absolute atomic E-state index is 5.07. The van der Waals surface area contributed by atoms with Crippen molar-refractivity contribution in [2.45, 2.75) is 19.3 Å². The van der Waals surface area contributed by atoms with Crippen molar-refractivity contribution in [3.8, 4) is 0 Å². The maximum atomic E-state index is 5.07. The van der Waals surface area contributed by atoms with Gasteiger partial charge in [0.05, 0.1) is 0 Å². The summed E-state index contributed by atoms with van der Waals surface area (Å²) in [6.07, 6.45) is 3.60. The van der Waals surface area contributed by atoms with Crippen molar-refractivity contribution in [2.75, 3.05) is 32.2 Å². The minimum atomic E-state index is 0.875. The highest BCUT2D eigenvalue weighted by Crippen LogP contribution is 2.21. The van der Waals surface area contributed by atoms with Crippen molar-refractivity contribution in [1.29, 1.82) is 0 Å². The summed E-state index contributed by atoms with van der Waals surface area (Å²) in [4.78, 5) is 2.33. The van der Waals surface area contributed by atoms with Gasteiger partial charge in [-0.3, -0.25) is 0 Å². The van der Waals surface area contributed by atoms with Crippen molar-refractivity contribution in [1.82, 2.24) is 0 Å². The van der Waals surface area contributed by atoms with Crippen LogP contribution in [-0.4, -0.2) is 27.3 Å². The molecule has 0 unspecified atom stereocenters. The van der Waals surface area contributed by atoms with Crippen LogP contribution in [-0.2, 0) is 4.74 Å². The largest absolute Gasteiger partial charge is 0.385 e. The molecule has 0 N–H and O–H groups in total. The fourth-order valence-corrected chi connectivity index (χ4v) is 2.32. The smallest absolute Gasteiger partial charge is 0.0462 e. The number of hydrogen-bond acceptors (Lipinski definition) is 2. The van der Waals surface area contributed by atoms with Gasteiger partial charge in [0, 0.05) is 33.0 Å². The fraction of sp³-hybridized carbons (Fsp3) is 0.412. The van der Waals surface area contributed by atoms with Crippen molar-refractivity contribution < 1.29 is 4.74 Å². The third kappa shape index (κ3) is 3.97. The Morgan fingerprint density at radius 2 is 1.74 bits per heavy atom. The molecule has 0 aromatic heterocycles. The van der Waals surface area contributed by atoms with Crippen LogP contribution in [0.15, 0.2) is 42.5 Å². The predicted molar refractivity (Wildman–Crippen MR) is 82.9 cm³/mol. The number of fused-ring (bicyclic) bond motifs is 1. The molecule has 2 aromatic rings. The maximum Gasteiger partial charge on any atom is 0.0462 e. The Labute approximate surface area is 116 Å². The number of rotatable bonds is 7. The zero-order valence-electron chi connectivity index (χ0n) is 11.9. The van der Waals surface area contributed by atoms with Gasteiger partial charge in [-0.1, -0.05) is 30.3 Å². The Morgan fingerprint density at radius 1 is 0.947 bits per heavy atom. The molecule has 19 heavy (non-hydrogen) atoms. The molecule has 0 atom stereocenters. The summed E-state index contributed by atoms with van der Waals surface area (Å²) < 4.78 is 5.07. The van der Waals surface area contributed by atoms with Gasteiger partial charge < -0.3 is 9.64 Å². The van der Waals surface area contributed by atoms with Crippen molar-refractivity contribution in [3.63, 3.8) is 0 Å². The monoisotopic (exact) mass is 257 g/mol. The Bertz CT molecular complexity index is 509. The number of anilines is 1. The van der Waals surface area contributed by atoms with Gasteiger partial charge in [0.15, 0.2) is 0 Å². The molecule has 0 heterocycles. The third-order valence-corrected chi connectivity index (χ3v) is 3.52. The molecule has 102 valence electrons. The van der Waals surface area contributed by atoms with E-state index in [1.54, 1.807) is 7.11 Å². The number of benzene rings is 2. The number of ether oxygens (including phenoxy) is 1. The van der Waals surface area contributed by atoms with Crippen LogP contribution >= 0.6 is 0 Å². The van der Waals surface area contributed by atoms with Gasteiger partial charge in [-0.05, 0) is 42.2 Å². The molecule has 0 fully saturated rings. The number of methoxy groups -OCH3 is 1. The molecule has 2 nitrogen and oxygen atoms in total. The summed E-state index contributed by atoms with van der Waals surface area (Å²) in [5, 5.41) is 2.62. The van der Waals surface area contributed by atoms with Crippen LogP contribution in [0.3, 0.4) is 0 Å². The molecule has 0 saturated heterocycles. The SMILES string of the molecule is COCCCCCN(C)c1ccc2ccccc2c1. The van der Waals surface area contributed by atoms with Crippen LogP contribution in [0, 0.1) is 0 Å². The van der Waals surface area contributed by atoms with Crippen molar-refractivity contribution in [3.05, 3.63) is 42.5 Å². The van der Waals surface area contributed by atoms with Gasteiger partial charge in [0.25, 0.3) is 0 Å². The molecule has 0 radical (unpaired) electrons. The first-order valence-corrected chi connectivity index (χ1v) is 7.00. The minimum Gasteiger partial charge on any atom is -0.385 e. The van der Waals surface area contributed by atoms with E-state index >= 15 is 0 Å². The van der Waals surface area contributed by atoms with E-state index in [1.807, 2.05) is 0 Å². The molecule has 0 saturated carbocycles. The van der Waals surface area contributed by atoms with E-state index in [0.717, 1.165) is 19.6 Å². The summed E-state index contributed by atoms with van der Waals surface area (Å²) in [6.45, 7) is 1.97. The van der Waals surface area contributed by atoms with Crippen LogP contribution in [0.5, 0.6) is 0 Å². The summed E-state index contributed by atoms with van der Waals surface area (Å²) in [5.74, 6) is 0. The lowest BCUT2D eigenvalue weighted by Crippen LogP contribution is -2.18. The molecular formula is C17H23NO. The Kier molecular flexibility index (Phi) is 5.22. The molecule has 0 bridgehead atoms. The highest BCUT2D eigenvalue weighted by molar-refractivity contribution is 5.85. The lowest BCUT2D eigenvalue weighted by atomic mass is 10.1. The highest BCUT2D eigenvalue weighted by Gasteiger charge is 2.01. The normalized spacial score (nSPS) is 10.8. The summed E-state index contributed by atoms with van der Waals surface area (Å²) in [6, 6.07) is 15.2. The van der Waals surface area contributed by atoms with Gasteiger partial charge in [0.2, 0.25) is 0 Å². The Morgan fingerprint density at radius 3 is 2.53 bits per heavy atom. The second-order valence-corrected chi connectivity index (χ2v) is 5.01. The van der Waals surface area contributed by atoms with Gasteiger partial charge in [0.1, 0.15) is 0 Å². The average Bonchev–Trinajstić information content (AvgIpc) is 2.46. The van der Waals surface area contributed by atoms with Crippen LogP contribution < -0.4 is 4.90 Å². The summed E-state index contributed by atoms with van der Waals surface area (Å²) in [7, 11) is 3.93. The van der Waals surface area contributed by atoms with E-state index in [2.05, 4.69) is 54.4 Å². The molecular weight excluding hydrogens is 234 g/mol.